The van der Waals surface area contributed by atoms with E-state index in [1.54, 1.807) is 35.6 Å². The van der Waals surface area contributed by atoms with Crippen LogP contribution >= 0.6 is 11.3 Å². The third-order valence-electron chi connectivity index (χ3n) is 3.39. The maximum Gasteiger partial charge on any atom is 0.287 e. The number of benzene rings is 1. The van der Waals surface area contributed by atoms with Crippen molar-refractivity contribution in [3.05, 3.63) is 51.9 Å². The first-order chi connectivity index (χ1) is 10.2. The Labute approximate surface area is 126 Å². The maximum absolute atomic E-state index is 12.2. The highest BCUT2D eigenvalue weighted by Crippen LogP contribution is 2.22. The standard InChI is InChI=1S/C16H16N2O2S/c1-2-10-5-6-21-15(10)9-18-16(19)14-8-11-7-12(17)3-4-13(11)20-14/h3-8H,2,9,17H2,1H3,(H,18,19). The van der Waals surface area contributed by atoms with Gasteiger partial charge in [-0.1, -0.05) is 6.92 Å². The Kier molecular flexibility index (Phi) is 3.66. The molecule has 0 atom stereocenters. The van der Waals surface area contributed by atoms with E-state index in [4.69, 9.17) is 10.2 Å². The largest absolute Gasteiger partial charge is 0.451 e. The number of amides is 1. The predicted molar refractivity (Wildman–Crippen MR) is 85.5 cm³/mol. The van der Waals surface area contributed by atoms with Gasteiger partial charge >= 0.3 is 0 Å². The zero-order valence-electron chi connectivity index (χ0n) is 11.7. The number of furan rings is 1. The molecule has 0 aliphatic heterocycles. The van der Waals surface area contributed by atoms with Crippen LogP contribution in [0.1, 0.15) is 27.9 Å². The van der Waals surface area contributed by atoms with Crippen molar-refractivity contribution < 1.29 is 9.21 Å². The second-order valence-electron chi connectivity index (χ2n) is 4.81. The van der Waals surface area contributed by atoms with E-state index in [9.17, 15) is 4.79 Å². The highest BCUT2D eigenvalue weighted by atomic mass is 32.1. The number of fused-ring (bicyclic) bond motifs is 1. The van der Waals surface area contributed by atoms with Crippen molar-refractivity contribution in [3.8, 4) is 0 Å². The molecule has 3 N–H and O–H groups in total. The fourth-order valence-electron chi connectivity index (χ4n) is 2.26. The van der Waals surface area contributed by atoms with E-state index >= 15 is 0 Å². The highest BCUT2D eigenvalue weighted by molar-refractivity contribution is 7.10. The SMILES string of the molecule is CCc1ccsc1CNC(=O)c1cc2cc(N)ccc2o1. The van der Waals surface area contributed by atoms with Gasteiger partial charge in [0.2, 0.25) is 0 Å². The van der Waals surface area contributed by atoms with Gasteiger partial charge in [0.05, 0.1) is 6.54 Å². The van der Waals surface area contributed by atoms with Gasteiger partial charge in [-0.3, -0.25) is 4.79 Å². The topological polar surface area (TPSA) is 68.3 Å². The van der Waals surface area contributed by atoms with Crippen LogP contribution < -0.4 is 11.1 Å². The molecule has 0 saturated carbocycles. The molecule has 0 radical (unpaired) electrons. The number of hydrogen-bond acceptors (Lipinski definition) is 4. The van der Waals surface area contributed by atoms with Gasteiger partial charge in [0, 0.05) is 16.0 Å². The molecular formula is C16H16N2O2S. The Bertz CT molecular complexity index is 789. The number of carbonyl (C=O) groups is 1. The summed E-state index contributed by atoms with van der Waals surface area (Å²) in [7, 11) is 0. The van der Waals surface area contributed by atoms with E-state index in [-0.39, 0.29) is 5.91 Å². The molecule has 0 saturated heterocycles. The summed E-state index contributed by atoms with van der Waals surface area (Å²) < 4.78 is 5.55. The van der Waals surface area contributed by atoms with Crippen LogP contribution in [0.15, 0.2) is 40.1 Å². The number of nitrogen functional groups attached to an aromatic ring is 1. The van der Waals surface area contributed by atoms with Gasteiger partial charge in [0.1, 0.15) is 5.58 Å². The van der Waals surface area contributed by atoms with Gasteiger partial charge in [0.25, 0.3) is 5.91 Å². The Balaban J connectivity index is 1.75. The lowest BCUT2D eigenvalue weighted by atomic mass is 10.2. The number of aryl methyl sites for hydroxylation is 1. The zero-order valence-corrected chi connectivity index (χ0v) is 12.5. The molecule has 0 bridgehead atoms. The van der Waals surface area contributed by atoms with Crippen molar-refractivity contribution in [3.63, 3.8) is 0 Å². The fraction of sp³-hybridized carbons (Fsp3) is 0.188. The first kappa shape index (κ1) is 13.7. The summed E-state index contributed by atoms with van der Waals surface area (Å²) in [6, 6.07) is 9.14. The monoisotopic (exact) mass is 300 g/mol. The van der Waals surface area contributed by atoms with Crippen LogP contribution in [0.2, 0.25) is 0 Å². The van der Waals surface area contributed by atoms with Crippen LogP contribution in [0.5, 0.6) is 0 Å². The fourth-order valence-corrected chi connectivity index (χ4v) is 3.17. The molecule has 21 heavy (non-hydrogen) atoms. The second kappa shape index (κ2) is 5.61. The maximum atomic E-state index is 12.2. The molecule has 0 fully saturated rings. The normalized spacial score (nSPS) is 10.9. The third kappa shape index (κ3) is 2.78. The van der Waals surface area contributed by atoms with Crippen LogP contribution in [0.3, 0.4) is 0 Å². The molecule has 0 spiro atoms. The first-order valence-corrected chi connectivity index (χ1v) is 7.68. The molecule has 0 unspecified atom stereocenters. The average Bonchev–Trinajstić information content (AvgIpc) is 3.10. The minimum atomic E-state index is -0.208. The summed E-state index contributed by atoms with van der Waals surface area (Å²) >= 11 is 1.66. The molecule has 5 heteroatoms. The van der Waals surface area contributed by atoms with Crippen molar-refractivity contribution in [2.45, 2.75) is 19.9 Å². The van der Waals surface area contributed by atoms with Gasteiger partial charge in [-0.05, 0) is 47.7 Å². The number of anilines is 1. The van der Waals surface area contributed by atoms with Gasteiger partial charge in [-0.15, -0.1) is 11.3 Å². The molecule has 0 aliphatic carbocycles. The van der Waals surface area contributed by atoms with E-state index in [0.717, 1.165) is 11.8 Å². The lowest BCUT2D eigenvalue weighted by Gasteiger charge is -2.03. The molecule has 0 aliphatic rings. The van der Waals surface area contributed by atoms with Crippen LogP contribution in [0.25, 0.3) is 11.0 Å². The third-order valence-corrected chi connectivity index (χ3v) is 4.36. The molecular weight excluding hydrogens is 284 g/mol. The van der Waals surface area contributed by atoms with E-state index in [1.807, 2.05) is 5.38 Å². The summed E-state index contributed by atoms with van der Waals surface area (Å²) in [5.41, 5.74) is 8.32. The molecule has 1 aromatic carbocycles. The number of thiophene rings is 1. The highest BCUT2D eigenvalue weighted by Gasteiger charge is 2.13. The first-order valence-electron chi connectivity index (χ1n) is 6.80. The zero-order chi connectivity index (χ0) is 14.8. The number of hydrogen-bond donors (Lipinski definition) is 2. The Morgan fingerprint density at radius 2 is 2.19 bits per heavy atom. The minimum absolute atomic E-state index is 0.208. The average molecular weight is 300 g/mol. The predicted octanol–water partition coefficient (Wildman–Crippen LogP) is 3.57. The van der Waals surface area contributed by atoms with Crippen molar-refractivity contribution in [1.29, 1.82) is 0 Å². The number of rotatable bonds is 4. The lowest BCUT2D eigenvalue weighted by Crippen LogP contribution is -2.22. The van der Waals surface area contributed by atoms with Crippen LogP contribution in [-0.4, -0.2) is 5.91 Å². The number of nitrogens with two attached hydrogens (primary N) is 1. The summed E-state index contributed by atoms with van der Waals surface area (Å²) in [6.07, 6.45) is 0.971. The van der Waals surface area contributed by atoms with E-state index in [0.29, 0.717) is 23.6 Å². The lowest BCUT2D eigenvalue weighted by molar-refractivity contribution is 0.0925. The molecule has 1 amide bonds. The van der Waals surface area contributed by atoms with Gasteiger partial charge in [-0.2, -0.15) is 0 Å². The summed E-state index contributed by atoms with van der Waals surface area (Å²) in [5, 5.41) is 5.78. The Morgan fingerprint density at radius 3 is 3.00 bits per heavy atom. The van der Waals surface area contributed by atoms with E-state index < -0.39 is 0 Å². The van der Waals surface area contributed by atoms with Crippen LogP contribution in [0, 0.1) is 0 Å². The molecule has 3 aromatic rings. The van der Waals surface area contributed by atoms with E-state index in [1.165, 1.54) is 10.4 Å². The van der Waals surface area contributed by atoms with Crippen LogP contribution in [0.4, 0.5) is 5.69 Å². The summed E-state index contributed by atoms with van der Waals surface area (Å²) in [5.74, 6) is 0.102. The Morgan fingerprint density at radius 1 is 1.33 bits per heavy atom. The van der Waals surface area contributed by atoms with Crippen LogP contribution in [-0.2, 0) is 13.0 Å². The van der Waals surface area contributed by atoms with Gasteiger partial charge in [0.15, 0.2) is 5.76 Å². The minimum Gasteiger partial charge on any atom is -0.451 e. The van der Waals surface area contributed by atoms with Gasteiger partial charge < -0.3 is 15.5 Å². The van der Waals surface area contributed by atoms with Crippen molar-refractivity contribution >= 4 is 33.9 Å². The second-order valence-corrected chi connectivity index (χ2v) is 5.81. The molecule has 2 heterocycles. The molecule has 2 aromatic heterocycles. The number of nitrogens with one attached hydrogen (secondary N) is 1. The van der Waals surface area contributed by atoms with Crippen molar-refractivity contribution in [1.82, 2.24) is 5.32 Å². The molecule has 108 valence electrons. The molecule has 4 nitrogen and oxygen atoms in total. The van der Waals surface area contributed by atoms with Gasteiger partial charge in [-0.25, -0.2) is 0 Å². The smallest absolute Gasteiger partial charge is 0.287 e. The summed E-state index contributed by atoms with van der Waals surface area (Å²) in [6.45, 7) is 2.63. The quantitative estimate of drug-likeness (QED) is 0.724. The van der Waals surface area contributed by atoms with Crippen molar-refractivity contribution in [2.24, 2.45) is 0 Å². The van der Waals surface area contributed by atoms with E-state index in [2.05, 4.69) is 18.3 Å². The summed E-state index contributed by atoms with van der Waals surface area (Å²) in [4.78, 5) is 13.3. The molecule has 3 rings (SSSR count). The Hall–Kier alpha value is -2.27. The number of carbonyl (C=O) groups excluding carboxylic acids is 1. The van der Waals surface area contributed by atoms with Crippen molar-refractivity contribution in [2.75, 3.05) is 5.73 Å².